The van der Waals surface area contributed by atoms with Crippen molar-refractivity contribution in [3.63, 3.8) is 0 Å². The summed E-state index contributed by atoms with van der Waals surface area (Å²) in [7, 11) is 0. The summed E-state index contributed by atoms with van der Waals surface area (Å²) in [6.07, 6.45) is 3.65. The van der Waals surface area contributed by atoms with Gasteiger partial charge >= 0.3 is 5.69 Å². The minimum atomic E-state index is -0.575. The van der Waals surface area contributed by atoms with Crippen LogP contribution in [0.15, 0.2) is 18.2 Å². The summed E-state index contributed by atoms with van der Waals surface area (Å²) in [5.74, 6) is -0.0702. The third-order valence-electron chi connectivity index (χ3n) is 4.08. The summed E-state index contributed by atoms with van der Waals surface area (Å²) in [5.41, 5.74) is 0.0423. The molecule has 0 N–H and O–H groups in total. The molecule has 1 aliphatic rings. The molecule has 24 heavy (non-hydrogen) atoms. The van der Waals surface area contributed by atoms with E-state index in [1.807, 2.05) is 4.90 Å². The van der Waals surface area contributed by atoms with Crippen molar-refractivity contribution in [3.8, 4) is 5.75 Å². The molecule has 0 aromatic heterocycles. The van der Waals surface area contributed by atoms with Crippen LogP contribution in [0, 0.1) is 10.1 Å². The third-order valence-corrected chi connectivity index (χ3v) is 4.08. The number of carbonyl (C=O) groups is 2. The molecule has 0 bridgehead atoms. The predicted octanol–water partition coefficient (Wildman–Crippen LogP) is 2.97. The van der Waals surface area contributed by atoms with Crippen molar-refractivity contribution in [1.82, 2.24) is 4.90 Å². The van der Waals surface area contributed by atoms with Crippen molar-refractivity contribution in [2.45, 2.75) is 39.0 Å². The monoisotopic (exact) mass is 334 g/mol. The van der Waals surface area contributed by atoms with Gasteiger partial charge in [-0.1, -0.05) is 6.92 Å². The average Bonchev–Trinajstić information content (AvgIpc) is 2.61. The Kier molecular flexibility index (Phi) is 6.28. The van der Waals surface area contributed by atoms with E-state index >= 15 is 0 Å². The number of nitrogens with zero attached hydrogens (tertiary/aromatic N) is 2. The molecule has 7 nitrogen and oxygen atoms in total. The second kappa shape index (κ2) is 8.42. The lowest BCUT2D eigenvalue weighted by Crippen LogP contribution is -2.36. The van der Waals surface area contributed by atoms with E-state index in [0.29, 0.717) is 5.56 Å². The summed E-state index contributed by atoms with van der Waals surface area (Å²) in [6.45, 7) is 3.32. The lowest BCUT2D eigenvalue weighted by atomic mass is 10.1. The number of hydrogen-bond donors (Lipinski definition) is 0. The zero-order valence-corrected chi connectivity index (χ0v) is 13.8. The maximum absolute atomic E-state index is 12.1. The average molecular weight is 334 g/mol. The highest BCUT2D eigenvalue weighted by molar-refractivity contribution is 5.96. The molecule has 2 rings (SSSR count). The molecule has 0 saturated carbocycles. The first-order valence-electron chi connectivity index (χ1n) is 8.25. The number of benzene rings is 1. The minimum Gasteiger partial charge on any atom is -0.486 e. The van der Waals surface area contributed by atoms with Crippen LogP contribution in [0.2, 0.25) is 0 Å². The highest BCUT2D eigenvalue weighted by Crippen LogP contribution is 2.28. The van der Waals surface area contributed by atoms with E-state index in [4.69, 9.17) is 4.74 Å². The summed E-state index contributed by atoms with van der Waals surface area (Å²) >= 11 is 0. The Bertz CT molecular complexity index is 623. The molecule has 0 radical (unpaired) electrons. The van der Waals surface area contributed by atoms with Gasteiger partial charge in [-0.2, -0.15) is 0 Å². The first-order chi connectivity index (χ1) is 11.5. The lowest BCUT2D eigenvalue weighted by molar-refractivity contribution is -0.385. The van der Waals surface area contributed by atoms with E-state index < -0.39 is 4.92 Å². The fraction of sp³-hybridized carbons (Fsp3) is 0.529. The molecule has 0 aliphatic carbocycles. The van der Waals surface area contributed by atoms with E-state index in [0.717, 1.165) is 32.4 Å². The van der Waals surface area contributed by atoms with Gasteiger partial charge in [0.2, 0.25) is 5.91 Å². The topological polar surface area (TPSA) is 89.8 Å². The summed E-state index contributed by atoms with van der Waals surface area (Å²) in [5, 5.41) is 11.2. The van der Waals surface area contributed by atoms with Gasteiger partial charge in [-0.3, -0.25) is 19.7 Å². The van der Waals surface area contributed by atoms with Crippen molar-refractivity contribution in [1.29, 1.82) is 0 Å². The summed E-state index contributed by atoms with van der Waals surface area (Å²) in [6, 6.07) is 4.17. The van der Waals surface area contributed by atoms with Crippen LogP contribution in [0.4, 0.5) is 5.69 Å². The van der Waals surface area contributed by atoms with Crippen LogP contribution in [-0.2, 0) is 4.79 Å². The van der Waals surface area contributed by atoms with Gasteiger partial charge in [-0.15, -0.1) is 0 Å². The number of Topliss-reactive ketones (excluding diaryl/α,β-unsaturated/α-hetero) is 1. The van der Waals surface area contributed by atoms with E-state index in [1.54, 1.807) is 6.92 Å². The third kappa shape index (κ3) is 4.53. The first-order valence-corrected chi connectivity index (χ1v) is 8.25. The lowest BCUT2D eigenvalue weighted by Gasteiger charge is -2.26. The number of nitro benzene ring substituents is 1. The van der Waals surface area contributed by atoms with Crippen LogP contribution in [0.5, 0.6) is 5.75 Å². The number of amides is 1. The fourth-order valence-corrected chi connectivity index (χ4v) is 2.71. The largest absolute Gasteiger partial charge is 0.486 e. The molecule has 1 aromatic rings. The van der Waals surface area contributed by atoms with Gasteiger partial charge in [0.25, 0.3) is 0 Å². The number of ketones is 1. The highest BCUT2D eigenvalue weighted by Gasteiger charge is 2.20. The summed E-state index contributed by atoms with van der Waals surface area (Å²) in [4.78, 5) is 36.1. The molecule has 1 fully saturated rings. The quantitative estimate of drug-likeness (QED) is 0.434. The number of nitro groups is 1. The van der Waals surface area contributed by atoms with Gasteiger partial charge in [0, 0.05) is 31.1 Å². The van der Waals surface area contributed by atoms with Crippen LogP contribution in [0.1, 0.15) is 49.4 Å². The Morgan fingerprint density at radius 2 is 1.96 bits per heavy atom. The second-order valence-electron chi connectivity index (χ2n) is 5.76. The minimum absolute atomic E-state index is 0.00938. The molecular formula is C17H22N2O5. The van der Waals surface area contributed by atoms with E-state index in [9.17, 15) is 19.7 Å². The van der Waals surface area contributed by atoms with Crippen LogP contribution in [0.3, 0.4) is 0 Å². The fourth-order valence-electron chi connectivity index (χ4n) is 2.71. The van der Waals surface area contributed by atoms with Crippen molar-refractivity contribution in [2.75, 3.05) is 19.7 Å². The number of likely N-dealkylation sites (tertiary alicyclic amines) is 1. The van der Waals surface area contributed by atoms with Crippen LogP contribution < -0.4 is 4.74 Å². The molecule has 0 unspecified atom stereocenters. The van der Waals surface area contributed by atoms with E-state index in [1.165, 1.54) is 18.2 Å². The molecule has 1 aromatic carbocycles. The highest BCUT2D eigenvalue weighted by atomic mass is 16.6. The Morgan fingerprint density at radius 1 is 1.25 bits per heavy atom. The van der Waals surface area contributed by atoms with Gasteiger partial charge in [-0.05, 0) is 31.4 Å². The van der Waals surface area contributed by atoms with Gasteiger partial charge in [0.1, 0.15) is 0 Å². The van der Waals surface area contributed by atoms with Crippen molar-refractivity contribution < 1.29 is 19.2 Å². The normalized spacial score (nSPS) is 14.3. The van der Waals surface area contributed by atoms with Crippen LogP contribution in [0.25, 0.3) is 0 Å². The van der Waals surface area contributed by atoms with Crippen molar-refractivity contribution >= 4 is 17.4 Å². The van der Waals surface area contributed by atoms with Crippen LogP contribution in [-0.4, -0.2) is 41.2 Å². The molecule has 1 amide bonds. The van der Waals surface area contributed by atoms with Gasteiger partial charge in [-0.25, -0.2) is 0 Å². The molecule has 7 heteroatoms. The molecule has 1 heterocycles. The standard InChI is InChI=1S/C17H22N2O5/c1-2-15(20)13-6-7-16(14(12-13)19(22)23)24-11-8-17(21)18-9-4-3-5-10-18/h6-7,12H,2-5,8-11H2,1H3. The van der Waals surface area contributed by atoms with Gasteiger partial charge in [0.05, 0.1) is 18.0 Å². The number of piperidine rings is 1. The number of carbonyl (C=O) groups excluding carboxylic acids is 2. The number of rotatable bonds is 7. The molecule has 1 aliphatic heterocycles. The Labute approximate surface area is 140 Å². The van der Waals surface area contributed by atoms with E-state index in [2.05, 4.69) is 0 Å². The zero-order chi connectivity index (χ0) is 17.5. The number of hydrogen-bond acceptors (Lipinski definition) is 5. The van der Waals surface area contributed by atoms with Gasteiger partial charge < -0.3 is 9.64 Å². The number of ether oxygens (including phenoxy) is 1. The van der Waals surface area contributed by atoms with Crippen molar-refractivity contribution in [3.05, 3.63) is 33.9 Å². The van der Waals surface area contributed by atoms with Crippen molar-refractivity contribution in [2.24, 2.45) is 0 Å². The molecule has 0 atom stereocenters. The molecular weight excluding hydrogens is 312 g/mol. The van der Waals surface area contributed by atoms with Crippen LogP contribution >= 0.6 is 0 Å². The second-order valence-corrected chi connectivity index (χ2v) is 5.76. The first kappa shape index (κ1) is 17.9. The molecule has 1 saturated heterocycles. The Morgan fingerprint density at radius 3 is 2.58 bits per heavy atom. The smallest absolute Gasteiger partial charge is 0.311 e. The Hall–Kier alpha value is -2.44. The summed E-state index contributed by atoms with van der Waals surface area (Å²) < 4.78 is 5.43. The maximum atomic E-state index is 12.1. The zero-order valence-electron chi connectivity index (χ0n) is 13.8. The SMILES string of the molecule is CCC(=O)c1ccc(OCCC(=O)N2CCCCC2)c([N+](=O)[O-])c1. The molecule has 0 spiro atoms. The predicted molar refractivity (Wildman–Crippen MR) is 88.3 cm³/mol. The molecule has 130 valence electrons. The Balaban J connectivity index is 1.97. The van der Waals surface area contributed by atoms with E-state index in [-0.39, 0.29) is 42.6 Å². The maximum Gasteiger partial charge on any atom is 0.311 e. The van der Waals surface area contributed by atoms with Gasteiger partial charge in [0.15, 0.2) is 11.5 Å².